The highest BCUT2D eigenvalue weighted by atomic mass is 32.1. The maximum atomic E-state index is 12.3. The molecule has 0 aromatic carbocycles. The minimum absolute atomic E-state index is 0.0102. The van der Waals surface area contributed by atoms with Crippen LogP contribution in [0, 0.1) is 5.41 Å². The largest absolute Gasteiger partial charge is 0.452 e. The summed E-state index contributed by atoms with van der Waals surface area (Å²) >= 11 is 0.694. The van der Waals surface area contributed by atoms with Crippen molar-refractivity contribution in [1.29, 1.82) is 5.41 Å². The molecule has 1 rings (SSSR count). The summed E-state index contributed by atoms with van der Waals surface area (Å²) in [5.74, 6) is -1.14. The number of amidine groups is 1. The van der Waals surface area contributed by atoms with E-state index in [0.29, 0.717) is 24.6 Å². The van der Waals surface area contributed by atoms with Gasteiger partial charge in [-0.25, -0.2) is 0 Å². The lowest BCUT2D eigenvalue weighted by Gasteiger charge is -2.18. The summed E-state index contributed by atoms with van der Waals surface area (Å²) in [5.41, 5.74) is 5.19. The van der Waals surface area contributed by atoms with Crippen molar-refractivity contribution in [3.05, 3.63) is 5.82 Å². The molecule has 0 saturated carbocycles. The number of aromatic nitrogens is 2. The molecule has 0 saturated heterocycles. The number of rotatable bonds is 5. The van der Waals surface area contributed by atoms with Gasteiger partial charge in [-0.2, -0.15) is 22.5 Å². The van der Waals surface area contributed by atoms with Gasteiger partial charge in [-0.15, -0.1) is 0 Å². The fraction of sp³-hybridized carbons (Fsp3) is 0.625. The van der Waals surface area contributed by atoms with Crippen LogP contribution < -0.4 is 10.6 Å². The van der Waals surface area contributed by atoms with Gasteiger partial charge in [0.15, 0.2) is 0 Å². The van der Waals surface area contributed by atoms with Gasteiger partial charge in [-0.05, 0) is 6.92 Å². The fourth-order valence-electron chi connectivity index (χ4n) is 1.10. The van der Waals surface area contributed by atoms with Crippen LogP contribution in [0.5, 0.6) is 0 Å². The normalized spacial score (nSPS) is 11.5. The molecule has 0 aliphatic carbocycles. The summed E-state index contributed by atoms with van der Waals surface area (Å²) < 4.78 is 40.1. The smallest absolute Gasteiger partial charge is 0.388 e. The van der Waals surface area contributed by atoms with Crippen molar-refractivity contribution in [2.45, 2.75) is 19.5 Å². The molecule has 0 unspecified atom stereocenters. The molecular weight excluding hydrogens is 255 g/mol. The van der Waals surface area contributed by atoms with Crippen LogP contribution in [0.25, 0.3) is 0 Å². The first-order valence-corrected chi connectivity index (χ1v) is 5.60. The van der Waals surface area contributed by atoms with Crippen molar-refractivity contribution in [3.63, 3.8) is 0 Å². The molecule has 0 atom stereocenters. The molecule has 0 fully saturated rings. The Morgan fingerprint density at radius 3 is 2.59 bits per heavy atom. The van der Waals surface area contributed by atoms with Crippen molar-refractivity contribution < 1.29 is 13.2 Å². The highest BCUT2D eigenvalue weighted by Gasteiger charge is 2.36. The van der Waals surface area contributed by atoms with E-state index in [1.807, 2.05) is 0 Å². The average Bonchev–Trinajstić information content (AvgIpc) is 2.67. The van der Waals surface area contributed by atoms with E-state index < -0.39 is 12.0 Å². The average molecular weight is 267 g/mol. The van der Waals surface area contributed by atoms with Crippen LogP contribution in [0.15, 0.2) is 0 Å². The number of nitrogens with zero attached hydrogens (tertiary/aromatic N) is 3. The Morgan fingerprint density at radius 2 is 2.18 bits per heavy atom. The summed E-state index contributed by atoms with van der Waals surface area (Å²) in [5, 5.41) is 7.26. The highest BCUT2D eigenvalue weighted by Crippen LogP contribution is 2.30. The zero-order valence-corrected chi connectivity index (χ0v) is 9.90. The van der Waals surface area contributed by atoms with Gasteiger partial charge in [0, 0.05) is 31.0 Å². The Labute approximate surface area is 100 Å². The van der Waals surface area contributed by atoms with E-state index >= 15 is 0 Å². The number of nitrogens with one attached hydrogen (secondary N) is 1. The van der Waals surface area contributed by atoms with Crippen LogP contribution in [-0.4, -0.2) is 28.3 Å². The quantitative estimate of drug-likeness (QED) is 0.628. The Hall–Kier alpha value is -1.38. The van der Waals surface area contributed by atoms with E-state index in [-0.39, 0.29) is 17.4 Å². The third kappa shape index (κ3) is 3.84. The summed E-state index contributed by atoms with van der Waals surface area (Å²) in [7, 11) is 0. The van der Waals surface area contributed by atoms with Gasteiger partial charge in [0.2, 0.25) is 11.0 Å². The van der Waals surface area contributed by atoms with Crippen molar-refractivity contribution >= 4 is 22.5 Å². The summed E-state index contributed by atoms with van der Waals surface area (Å²) in [6.45, 7) is 2.63. The van der Waals surface area contributed by atoms with E-state index in [4.69, 9.17) is 11.1 Å². The standard InChI is InChI=1S/C8H12F3N5S/c1-2-16(4-3-5(12)13)7-14-6(15-17-7)8(9,10)11/h2-4H2,1H3,(H3,12,13). The van der Waals surface area contributed by atoms with Crippen molar-refractivity contribution in [2.24, 2.45) is 5.73 Å². The number of hydrogen-bond donors (Lipinski definition) is 2. The number of anilines is 1. The fourth-order valence-corrected chi connectivity index (χ4v) is 1.88. The van der Waals surface area contributed by atoms with Gasteiger partial charge in [0.25, 0.3) is 0 Å². The Kier molecular flexibility index (Phi) is 4.27. The molecular formula is C8H12F3N5S. The predicted octanol–water partition coefficient (Wildman–Crippen LogP) is 1.71. The molecule has 0 aliphatic rings. The molecule has 1 aromatic heterocycles. The van der Waals surface area contributed by atoms with Gasteiger partial charge < -0.3 is 10.6 Å². The third-order valence-corrected chi connectivity index (χ3v) is 2.75. The van der Waals surface area contributed by atoms with Crippen LogP contribution in [0.3, 0.4) is 0 Å². The Bertz CT molecular complexity index is 389. The molecule has 9 heteroatoms. The molecule has 96 valence electrons. The van der Waals surface area contributed by atoms with Crippen LogP contribution in [0.4, 0.5) is 18.3 Å². The Morgan fingerprint density at radius 1 is 1.53 bits per heavy atom. The first-order valence-electron chi connectivity index (χ1n) is 4.83. The lowest BCUT2D eigenvalue weighted by atomic mass is 10.4. The topological polar surface area (TPSA) is 78.9 Å². The number of hydrogen-bond acceptors (Lipinski definition) is 5. The predicted molar refractivity (Wildman–Crippen MR) is 59.3 cm³/mol. The summed E-state index contributed by atoms with van der Waals surface area (Å²) in [6, 6.07) is 0. The minimum atomic E-state index is -4.52. The van der Waals surface area contributed by atoms with Crippen LogP contribution in [0.1, 0.15) is 19.2 Å². The van der Waals surface area contributed by atoms with Crippen LogP contribution >= 0.6 is 11.5 Å². The molecule has 0 amide bonds. The van der Waals surface area contributed by atoms with Gasteiger partial charge in [0.1, 0.15) is 0 Å². The van der Waals surface area contributed by atoms with Gasteiger partial charge in [-0.3, -0.25) is 5.41 Å². The number of alkyl halides is 3. The third-order valence-electron chi connectivity index (χ3n) is 1.97. The molecule has 17 heavy (non-hydrogen) atoms. The maximum absolute atomic E-state index is 12.3. The van der Waals surface area contributed by atoms with Crippen LogP contribution in [-0.2, 0) is 6.18 Å². The van der Waals surface area contributed by atoms with E-state index in [1.54, 1.807) is 11.8 Å². The van der Waals surface area contributed by atoms with E-state index in [1.165, 1.54) is 0 Å². The summed E-state index contributed by atoms with van der Waals surface area (Å²) in [4.78, 5) is 5.03. The maximum Gasteiger partial charge on any atom is 0.452 e. The SMILES string of the molecule is CCN(CCC(=N)N)c1nc(C(F)(F)F)ns1. The van der Waals surface area contributed by atoms with Gasteiger partial charge in [0.05, 0.1) is 5.84 Å². The van der Waals surface area contributed by atoms with Gasteiger partial charge >= 0.3 is 6.18 Å². The molecule has 1 aromatic rings. The molecule has 0 spiro atoms. The molecule has 0 aliphatic heterocycles. The minimum Gasteiger partial charge on any atom is -0.388 e. The first kappa shape index (κ1) is 13.7. The molecule has 0 radical (unpaired) electrons. The van der Waals surface area contributed by atoms with Gasteiger partial charge in [-0.1, -0.05) is 0 Å². The van der Waals surface area contributed by atoms with Crippen molar-refractivity contribution in [3.8, 4) is 0 Å². The molecule has 0 bridgehead atoms. The van der Waals surface area contributed by atoms with E-state index in [0.717, 1.165) is 0 Å². The zero-order chi connectivity index (χ0) is 13.1. The molecule has 5 nitrogen and oxygen atoms in total. The first-order chi connectivity index (χ1) is 7.84. The molecule has 3 N–H and O–H groups in total. The highest BCUT2D eigenvalue weighted by molar-refractivity contribution is 7.09. The van der Waals surface area contributed by atoms with Crippen molar-refractivity contribution in [2.75, 3.05) is 18.0 Å². The zero-order valence-electron chi connectivity index (χ0n) is 9.08. The van der Waals surface area contributed by atoms with E-state index in [9.17, 15) is 13.2 Å². The second-order valence-electron chi connectivity index (χ2n) is 3.25. The number of halogens is 3. The van der Waals surface area contributed by atoms with E-state index in [2.05, 4.69) is 9.36 Å². The second kappa shape index (κ2) is 5.30. The van der Waals surface area contributed by atoms with Crippen LogP contribution in [0.2, 0.25) is 0 Å². The molecule has 1 heterocycles. The van der Waals surface area contributed by atoms with Crippen molar-refractivity contribution in [1.82, 2.24) is 9.36 Å². The monoisotopic (exact) mass is 267 g/mol. The lowest BCUT2D eigenvalue weighted by molar-refractivity contribution is -0.144. The number of nitrogens with two attached hydrogens (primary N) is 1. The lowest BCUT2D eigenvalue weighted by Crippen LogP contribution is -2.27. The summed E-state index contributed by atoms with van der Waals surface area (Å²) in [6.07, 6.45) is -4.23. The second-order valence-corrected chi connectivity index (χ2v) is 3.98. The Balaban J connectivity index is 2.76.